The normalized spacial score (nSPS) is 19.9. The van der Waals surface area contributed by atoms with Gasteiger partial charge in [0, 0.05) is 11.4 Å². The molecular weight excluding hydrogens is 204 g/mol. The van der Waals surface area contributed by atoms with Crippen molar-refractivity contribution in [3.63, 3.8) is 0 Å². The summed E-state index contributed by atoms with van der Waals surface area (Å²) in [4.78, 5) is 14.5. The second kappa shape index (κ2) is 4.53. The molecule has 2 rings (SSSR count). The van der Waals surface area contributed by atoms with Crippen LogP contribution in [0.5, 0.6) is 0 Å². The Kier molecular flexibility index (Phi) is 3.10. The van der Waals surface area contributed by atoms with Gasteiger partial charge in [0.15, 0.2) is 0 Å². The highest BCUT2D eigenvalue weighted by molar-refractivity contribution is 5.82. The number of nitrogens with two attached hydrogens (primary N) is 1. The van der Waals surface area contributed by atoms with E-state index in [2.05, 4.69) is 4.98 Å². The molecule has 1 aromatic rings. The first-order valence-corrected chi connectivity index (χ1v) is 5.51. The van der Waals surface area contributed by atoms with Gasteiger partial charge < -0.3 is 15.8 Å². The fourth-order valence-corrected chi connectivity index (χ4v) is 2.25. The van der Waals surface area contributed by atoms with Crippen molar-refractivity contribution in [2.45, 2.75) is 25.2 Å². The molecule has 0 bridgehead atoms. The lowest BCUT2D eigenvalue weighted by Gasteiger charge is -2.19. The highest BCUT2D eigenvalue weighted by Crippen LogP contribution is 2.31. The molecule has 0 radical (unpaired) electrons. The molecule has 0 fully saturated rings. The first kappa shape index (κ1) is 11.0. The van der Waals surface area contributed by atoms with Gasteiger partial charge in [-0.1, -0.05) is 6.08 Å². The zero-order valence-corrected chi connectivity index (χ0v) is 9.07. The molecule has 1 aliphatic carbocycles. The molecule has 0 saturated heterocycles. The molecule has 0 aromatic carbocycles. The van der Waals surface area contributed by atoms with Crippen LogP contribution < -0.4 is 5.73 Å². The number of hydrogen-bond donors (Lipinski definition) is 3. The summed E-state index contributed by atoms with van der Waals surface area (Å²) in [6, 6.07) is 2.02. The number of amides is 1. The number of carbonyl (C=O) groups is 1. The van der Waals surface area contributed by atoms with Crippen LogP contribution in [0.4, 0.5) is 0 Å². The van der Waals surface area contributed by atoms with E-state index in [1.165, 1.54) is 5.56 Å². The Labute approximate surface area is 94.2 Å². The van der Waals surface area contributed by atoms with E-state index in [9.17, 15) is 4.79 Å². The summed E-state index contributed by atoms with van der Waals surface area (Å²) in [7, 11) is 0. The number of aliphatic hydroxyl groups is 1. The maximum atomic E-state index is 11.3. The first-order chi connectivity index (χ1) is 7.72. The van der Waals surface area contributed by atoms with Gasteiger partial charge >= 0.3 is 0 Å². The van der Waals surface area contributed by atoms with Gasteiger partial charge in [0.1, 0.15) is 0 Å². The Morgan fingerprint density at radius 3 is 3.19 bits per heavy atom. The number of primary amides is 1. The van der Waals surface area contributed by atoms with Crippen LogP contribution in [0.3, 0.4) is 0 Å². The lowest BCUT2D eigenvalue weighted by Crippen LogP contribution is -2.24. The summed E-state index contributed by atoms with van der Waals surface area (Å²) in [6.45, 7) is 0.0168. The molecule has 4 nitrogen and oxygen atoms in total. The molecule has 1 amide bonds. The van der Waals surface area contributed by atoms with Gasteiger partial charge in [0.25, 0.3) is 0 Å². The van der Waals surface area contributed by atoms with Crippen molar-refractivity contribution in [2.75, 3.05) is 6.61 Å². The summed E-state index contributed by atoms with van der Waals surface area (Å²) >= 11 is 0. The molecule has 1 atom stereocenters. The van der Waals surface area contributed by atoms with Gasteiger partial charge in [-0.15, -0.1) is 0 Å². The number of aromatic nitrogens is 1. The van der Waals surface area contributed by atoms with Gasteiger partial charge in [-0.2, -0.15) is 0 Å². The third kappa shape index (κ3) is 2.02. The summed E-state index contributed by atoms with van der Waals surface area (Å²) in [5.74, 6) is -0.444. The van der Waals surface area contributed by atoms with Crippen LogP contribution in [0, 0.1) is 0 Å². The van der Waals surface area contributed by atoms with E-state index in [-0.39, 0.29) is 18.4 Å². The summed E-state index contributed by atoms with van der Waals surface area (Å²) < 4.78 is 0. The lowest BCUT2D eigenvalue weighted by atomic mass is 9.87. The van der Waals surface area contributed by atoms with E-state index in [1.807, 2.05) is 12.1 Å². The Balaban J connectivity index is 2.30. The minimum Gasteiger partial charge on any atom is -0.392 e. The summed E-state index contributed by atoms with van der Waals surface area (Å²) in [5, 5.41) is 8.70. The number of fused-ring (bicyclic) bond motifs is 1. The number of aryl methyl sites for hydroxylation is 1. The lowest BCUT2D eigenvalue weighted by molar-refractivity contribution is -0.119. The van der Waals surface area contributed by atoms with Crippen molar-refractivity contribution in [2.24, 2.45) is 5.73 Å². The number of aromatic amines is 1. The Bertz CT molecular complexity index is 421. The molecule has 16 heavy (non-hydrogen) atoms. The average Bonchev–Trinajstić information content (AvgIpc) is 2.68. The highest BCUT2D eigenvalue weighted by atomic mass is 16.2. The summed E-state index contributed by atoms with van der Waals surface area (Å²) in [5.41, 5.74) is 8.43. The SMILES string of the molecule is NC(=O)[C@H]1CCCc2cc(/C=C\CO)[nH]c21. The Hall–Kier alpha value is -1.55. The summed E-state index contributed by atoms with van der Waals surface area (Å²) in [6.07, 6.45) is 6.29. The third-order valence-corrected chi connectivity index (χ3v) is 2.99. The van der Waals surface area contributed by atoms with Crippen molar-refractivity contribution < 1.29 is 9.90 Å². The van der Waals surface area contributed by atoms with Gasteiger partial charge in [-0.25, -0.2) is 0 Å². The van der Waals surface area contributed by atoms with Crippen molar-refractivity contribution in [1.82, 2.24) is 4.98 Å². The second-order valence-corrected chi connectivity index (χ2v) is 4.10. The van der Waals surface area contributed by atoms with E-state index < -0.39 is 0 Å². The van der Waals surface area contributed by atoms with Gasteiger partial charge in [-0.05, 0) is 37.0 Å². The van der Waals surface area contributed by atoms with Crippen molar-refractivity contribution in [3.8, 4) is 0 Å². The zero-order chi connectivity index (χ0) is 11.5. The largest absolute Gasteiger partial charge is 0.392 e. The van der Waals surface area contributed by atoms with Crippen molar-refractivity contribution in [3.05, 3.63) is 29.1 Å². The van der Waals surface area contributed by atoms with E-state index in [1.54, 1.807) is 6.08 Å². The Morgan fingerprint density at radius 1 is 1.69 bits per heavy atom. The number of hydrogen-bond acceptors (Lipinski definition) is 2. The molecule has 0 unspecified atom stereocenters. The molecule has 1 aromatic heterocycles. The topological polar surface area (TPSA) is 79.1 Å². The van der Waals surface area contributed by atoms with Crippen LogP contribution in [-0.2, 0) is 11.2 Å². The molecule has 1 heterocycles. The van der Waals surface area contributed by atoms with Gasteiger partial charge in [-0.3, -0.25) is 4.79 Å². The molecule has 1 aliphatic rings. The van der Waals surface area contributed by atoms with Gasteiger partial charge in [0.05, 0.1) is 12.5 Å². The number of rotatable bonds is 3. The fraction of sp³-hybridized carbons (Fsp3) is 0.417. The predicted octanol–water partition coefficient (Wildman–Crippen LogP) is 0.925. The molecular formula is C12H16N2O2. The standard InChI is InChI=1S/C12H16N2O2/c13-12(16)10-5-1-3-8-7-9(4-2-6-15)14-11(8)10/h2,4,7,10,14-15H,1,3,5-6H2,(H2,13,16)/b4-2-/t10-/m0/s1. The Morgan fingerprint density at radius 2 is 2.50 bits per heavy atom. The van der Waals surface area contributed by atoms with E-state index >= 15 is 0 Å². The van der Waals surface area contributed by atoms with E-state index in [0.717, 1.165) is 30.7 Å². The van der Waals surface area contributed by atoms with Crippen LogP contribution >= 0.6 is 0 Å². The molecule has 0 spiro atoms. The average molecular weight is 220 g/mol. The molecule has 86 valence electrons. The third-order valence-electron chi connectivity index (χ3n) is 2.99. The minimum atomic E-state index is -0.263. The quantitative estimate of drug-likeness (QED) is 0.708. The fourth-order valence-electron chi connectivity index (χ4n) is 2.25. The van der Waals surface area contributed by atoms with E-state index in [0.29, 0.717) is 0 Å². The monoisotopic (exact) mass is 220 g/mol. The van der Waals surface area contributed by atoms with Gasteiger partial charge in [0.2, 0.25) is 5.91 Å². The number of carbonyl (C=O) groups excluding carboxylic acids is 1. The number of H-pyrrole nitrogens is 1. The van der Waals surface area contributed by atoms with Crippen molar-refractivity contribution >= 4 is 12.0 Å². The maximum absolute atomic E-state index is 11.3. The molecule has 4 heteroatoms. The number of aliphatic hydroxyl groups excluding tert-OH is 1. The highest BCUT2D eigenvalue weighted by Gasteiger charge is 2.26. The van der Waals surface area contributed by atoms with Crippen LogP contribution in [0.2, 0.25) is 0 Å². The number of nitrogens with one attached hydrogen (secondary N) is 1. The maximum Gasteiger partial charge on any atom is 0.226 e. The molecule has 0 aliphatic heterocycles. The minimum absolute atomic E-state index is 0.0168. The van der Waals surface area contributed by atoms with Crippen LogP contribution in [-0.4, -0.2) is 22.6 Å². The molecule has 0 saturated carbocycles. The van der Waals surface area contributed by atoms with E-state index in [4.69, 9.17) is 10.8 Å². The predicted molar refractivity (Wildman–Crippen MR) is 61.8 cm³/mol. The van der Waals surface area contributed by atoms with Crippen LogP contribution in [0.1, 0.15) is 35.7 Å². The molecule has 4 N–H and O–H groups in total. The smallest absolute Gasteiger partial charge is 0.226 e. The zero-order valence-electron chi connectivity index (χ0n) is 9.07. The first-order valence-electron chi connectivity index (χ1n) is 5.51. The van der Waals surface area contributed by atoms with Crippen molar-refractivity contribution in [1.29, 1.82) is 0 Å². The van der Waals surface area contributed by atoms with Crippen LogP contribution in [0.25, 0.3) is 6.08 Å². The van der Waals surface area contributed by atoms with Crippen LogP contribution in [0.15, 0.2) is 12.1 Å². The second-order valence-electron chi connectivity index (χ2n) is 4.10.